The molecule has 0 amide bonds. The largest absolute Gasteiger partial charge is 0.497 e. The van der Waals surface area contributed by atoms with E-state index in [0.29, 0.717) is 12.4 Å². The molecule has 0 radical (unpaired) electrons. The van der Waals surface area contributed by atoms with E-state index in [1.165, 1.54) is 0 Å². The molecule has 6 nitrogen and oxygen atoms in total. The van der Waals surface area contributed by atoms with Crippen molar-refractivity contribution < 1.29 is 4.74 Å². The average Bonchev–Trinajstić information content (AvgIpc) is 3.42. The zero-order valence-electron chi connectivity index (χ0n) is 16.2. The van der Waals surface area contributed by atoms with E-state index in [2.05, 4.69) is 39.2 Å². The summed E-state index contributed by atoms with van der Waals surface area (Å²) in [6.45, 7) is 2.63. The molecule has 0 spiro atoms. The normalized spacial score (nSPS) is 10.4. The van der Waals surface area contributed by atoms with Crippen LogP contribution in [0.15, 0.2) is 53.9 Å². The molecule has 0 saturated carbocycles. The van der Waals surface area contributed by atoms with Crippen LogP contribution in [0.2, 0.25) is 0 Å². The van der Waals surface area contributed by atoms with E-state index < -0.39 is 0 Å². The van der Waals surface area contributed by atoms with Gasteiger partial charge in [-0.25, -0.2) is 4.98 Å². The number of aryl methyl sites for hydroxylation is 1. The first-order valence-corrected chi connectivity index (χ1v) is 10.1. The molecule has 0 bridgehead atoms. The van der Waals surface area contributed by atoms with Crippen LogP contribution in [-0.4, -0.2) is 32.3 Å². The highest BCUT2D eigenvalue weighted by Crippen LogP contribution is 2.16. The number of hydrogen-bond donors (Lipinski definition) is 0. The number of hydrogen-bond acceptors (Lipinski definition) is 6. The van der Waals surface area contributed by atoms with Crippen molar-refractivity contribution in [1.82, 2.24) is 25.2 Å². The molecular weight excluding hydrogens is 382 g/mol. The van der Waals surface area contributed by atoms with Crippen LogP contribution < -0.4 is 4.74 Å². The second-order valence-corrected chi connectivity index (χ2v) is 7.18. The molecule has 4 rings (SSSR count). The minimum atomic E-state index is 0.542. The predicted octanol–water partition coefficient (Wildman–Crippen LogP) is 3.82. The number of nitrogens with zero attached hydrogens (tertiary/aromatic N) is 5. The summed E-state index contributed by atoms with van der Waals surface area (Å²) in [5.41, 5.74) is 3.92. The Labute approximate surface area is 173 Å². The van der Waals surface area contributed by atoms with E-state index in [4.69, 9.17) is 4.74 Å². The maximum Gasteiger partial charge on any atom is 0.204 e. The lowest BCUT2D eigenvalue weighted by atomic mass is 10.1. The van der Waals surface area contributed by atoms with Crippen LogP contribution in [0.5, 0.6) is 5.75 Å². The molecule has 29 heavy (non-hydrogen) atoms. The van der Waals surface area contributed by atoms with Crippen molar-refractivity contribution in [2.24, 2.45) is 0 Å². The summed E-state index contributed by atoms with van der Waals surface area (Å²) >= 11 is 1.57. The van der Waals surface area contributed by atoms with Crippen LogP contribution in [0.25, 0.3) is 11.4 Å². The van der Waals surface area contributed by atoms with Gasteiger partial charge in [-0.15, -0.1) is 21.5 Å². The van der Waals surface area contributed by atoms with Crippen molar-refractivity contribution in [2.45, 2.75) is 19.9 Å². The summed E-state index contributed by atoms with van der Waals surface area (Å²) in [7, 11) is 1.65. The Kier molecular flexibility index (Phi) is 5.63. The lowest BCUT2D eigenvalue weighted by molar-refractivity contribution is 0.414. The molecule has 7 heteroatoms. The minimum Gasteiger partial charge on any atom is -0.497 e. The van der Waals surface area contributed by atoms with E-state index in [0.717, 1.165) is 39.6 Å². The third-order valence-electron chi connectivity index (χ3n) is 4.28. The van der Waals surface area contributed by atoms with Crippen molar-refractivity contribution in [3.8, 4) is 29.0 Å². The van der Waals surface area contributed by atoms with Crippen LogP contribution >= 0.6 is 11.3 Å². The third-order valence-corrected chi connectivity index (χ3v) is 5.09. The number of aromatic nitrogens is 5. The van der Waals surface area contributed by atoms with Gasteiger partial charge in [0.1, 0.15) is 5.75 Å². The highest BCUT2D eigenvalue weighted by Gasteiger charge is 2.07. The molecule has 0 unspecified atom stereocenters. The van der Waals surface area contributed by atoms with Gasteiger partial charge >= 0.3 is 0 Å². The number of rotatable bonds is 5. The third kappa shape index (κ3) is 4.68. The highest BCUT2D eigenvalue weighted by molar-refractivity contribution is 7.10. The summed E-state index contributed by atoms with van der Waals surface area (Å²) in [5, 5.41) is 15.7. The Morgan fingerprint density at radius 3 is 2.72 bits per heavy atom. The summed E-state index contributed by atoms with van der Waals surface area (Å²) < 4.78 is 5.18. The fraction of sp³-hybridized carbons (Fsp3) is 0.182. The zero-order valence-corrected chi connectivity index (χ0v) is 17.0. The van der Waals surface area contributed by atoms with Gasteiger partial charge in [0.15, 0.2) is 5.01 Å². The molecule has 4 aromatic rings. The number of methoxy groups -OCH3 is 1. The number of benzene rings is 2. The molecule has 0 saturated heterocycles. The first-order valence-electron chi connectivity index (χ1n) is 9.21. The first kappa shape index (κ1) is 18.8. The standard InChI is InChI=1S/C22H19N5OS/c1-3-19-15-29-21(23-19)12-9-16-5-4-6-18(13-16)22-24-26-27(25-22)14-17-7-10-20(28-2)11-8-17/h4-8,10-11,13,15H,3,14H2,1-2H3. The number of ether oxygens (including phenoxy) is 1. The van der Waals surface area contributed by atoms with Gasteiger partial charge in [-0.2, -0.15) is 4.80 Å². The van der Waals surface area contributed by atoms with Crippen molar-refractivity contribution in [3.63, 3.8) is 0 Å². The Morgan fingerprint density at radius 1 is 1.10 bits per heavy atom. The second kappa shape index (κ2) is 8.67. The summed E-state index contributed by atoms with van der Waals surface area (Å²) in [4.78, 5) is 6.06. The maximum absolute atomic E-state index is 5.18. The van der Waals surface area contributed by atoms with Gasteiger partial charge in [-0.05, 0) is 47.4 Å². The Hall–Kier alpha value is -3.50. The Balaban J connectivity index is 1.50. The van der Waals surface area contributed by atoms with Crippen LogP contribution in [-0.2, 0) is 13.0 Å². The van der Waals surface area contributed by atoms with Gasteiger partial charge in [-0.1, -0.05) is 37.1 Å². The van der Waals surface area contributed by atoms with E-state index in [-0.39, 0.29) is 0 Å². The summed E-state index contributed by atoms with van der Waals surface area (Å²) in [6.07, 6.45) is 0.922. The van der Waals surface area contributed by atoms with Gasteiger partial charge in [0.05, 0.1) is 19.3 Å². The molecule has 0 aliphatic carbocycles. The lowest BCUT2D eigenvalue weighted by Gasteiger charge is -2.02. The molecule has 0 N–H and O–H groups in total. The summed E-state index contributed by atoms with van der Waals surface area (Å²) in [5.74, 6) is 7.69. The van der Waals surface area contributed by atoms with Gasteiger partial charge in [-0.3, -0.25) is 0 Å². The van der Waals surface area contributed by atoms with Crippen molar-refractivity contribution in [1.29, 1.82) is 0 Å². The predicted molar refractivity (Wildman–Crippen MR) is 113 cm³/mol. The van der Waals surface area contributed by atoms with Crippen LogP contribution in [0.3, 0.4) is 0 Å². The average molecular weight is 401 g/mol. The quantitative estimate of drug-likeness (QED) is 0.476. The number of tetrazole rings is 1. The van der Waals surface area contributed by atoms with Crippen molar-refractivity contribution >= 4 is 11.3 Å². The van der Waals surface area contributed by atoms with E-state index in [9.17, 15) is 0 Å². The van der Waals surface area contributed by atoms with Gasteiger partial charge < -0.3 is 4.74 Å². The SMILES string of the molecule is CCc1csc(C#Cc2cccc(-c3nnn(Cc4ccc(OC)cc4)n3)c2)n1. The molecule has 144 valence electrons. The molecule has 2 heterocycles. The molecule has 2 aromatic heterocycles. The Bertz CT molecular complexity index is 1170. The summed E-state index contributed by atoms with van der Waals surface area (Å²) in [6, 6.07) is 15.6. The van der Waals surface area contributed by atoms with Crippen molar-refractivity contribution in [2.75, 3.05) is 7.11 Å². The second-order valence-electron chi connectivity index (χ2n) is 6.32. The number of thiazole rings is 1. The van der Waals surface area contributed by atoms with Gasteiger partial charge in [0, 0.05) is 16.5 Å². The molecular formula is C22H19N5OS. The minimum absolute atomic E-state index is 0.542. The zero-order chi connectivity index (χ0) is 20.1. The fourth-order valence-electron chi connectivity index (χ4n) is 2.71. The fourth-order valence-corrected chi connectivity index (χ4v) is 3.46. The van der Waals surface area contributed by atoms with E-state index in [1.807, 2.05) is 53.9 Å². The van der Waals surface area contributed by atoms with Crippen LogP contribution in [0.4, 0.5) is 0 Å². The molecule has 0 aliphatic heterocycles. The van der Waals surface area contributed by atoms with Crippen LogP contribution in [0.1, 0.15) is 28.8 Å². The molecule has 0 fully saturated rings. The molecule has 2 aromatic carbocycles. The Morgan fingerprint density at radius 2 is 1.97 bits per heavy atom. The van der Waals surface area contributed by atoms with Gasteiger partial charge in [0.25, 0.3) is 0 Å². The van der Waals surface area contributed by atoms with Gasteiger partial charge in [0.2, 0.25) is 5.82 Å². The maximum atomic E-state index is 5.18. The van der Waals surface area contributed by atoms with Crippen molar-refractivity contribution in [3.05, 3.63) is 75.7 Å². The van der Waals surface area contributed by atoms with E-state index in [1.54, 1.807) is 23.2 Å². The first-order chi connectivity index (χ1) is 14.2. The topological polar surface area (TPSA) is 65.7 Å². The monoisotopic (exact) mass is 401 g/mol. The lowest BCUT2D eigenvalue weighted by Crippen LogP contribution is -2.04. The molecule has 0 aliphatic rings. The van der Waals surface area contributed by atoms with Crippen LogP contribution in [0, 0.1) is 11.8 Å². The smallest absolute Gasteiger partial charge is 0.204 e. The molecule has 0 atom stereocenters. The van der Waals surface area contributed by atoms with E-state index >= 15 is 0 Å². The highest BCUT2D eigenvalue weighted by atomic mass is 32.1.